The second kappa shape index (κ2) is 4.81. The summed E-state index contributed by atoms with van der Waals surface area (Å²) in [5.41, 5.74) is 0. The van der Waals surface area contributed by atoms with Gasteiger partial charge in [0.05, 0.1) is 0 Å². The van der Waals surface area contributed by atoms with E-state index < -0.39 is 0 Å². The van der Waals surface area contributed by atoms with Gasteiger partial charge in [0.15, 0.2) is 11.6 Å². The van der Waals surface area contributed by atoms with Crippen LogP contribution < -0.4 is 4.90 Å². The van der Waals surface area contributed by atoms with Crippen molar-refractivity contribution >= 4 is 5.82 Å². The van der Waals surface area contributed by atoms with E-state index in [-0.39, 0.29) is 5.82 Å². The van der Waals surface area contributed by atoms with Crippen molar-refractivity contribution in [2.24, 2.45) is 11.8 Å². The summed E-state index contributed by atoms with van der Waals surface area (Å²) in [5, 5.41) is 0. The van der Waals surface area contributed by atoms with Gasteiger partial charge in [0.1, 0.15) is 0 Å². The summed E-state index contributed by atoms with van der Waals surface area (Å²) in [7, 11) is 0. The van der Waals surface area contributed by atoms with Crippen LogP contribution in [0.1, 0.15) is 26.7 Å². The third-order valence-corrected chi connectivity index (χ3v) is 3.52. The molecule has 1 aromatic rings. The van der Waals surface area contributed by atoms with E-state index in [1.54, 1.807) is 12.3 Å². The summed E-state index contributed by atoms with van der Waals surface area (Å²) in [6, 6.07) is 3.12. The minimum absolute atomic E-state index is 0.203. The largest absolute Gasteiger partial charge is 0.354 e. The molecule has 0 N–H and O–H groups in total. The summed E-state index contributed by atoms with van der Waals surface area (Å²) in [5.74, 6) is 1.83. The molecule has 0 amide bonds. The standard InChI is InChI=1S/C13H19FN2/c1-10(2)11-5-8-16(9-6-11)13-12(14)4-3-7-15-13/h3-4,7,10-11H,5-6,8-9H2,1-2H3. The third kappa shape index (κ3) is 2.34. The number of piperidine rings is 1. The number of hydrogen-bond donors (Lipinski definition) is 0. The first kappa shape index (κ1) is 11.4. The van der Waals surface area contributed by atoms with Gasteiger partial charge in [-0.3, -0.25) is 0 Å². The monoisotopic (exact) mass is 222 g/mol. The van der Waals surface area contributed by atoms with Crippen molar-refractivity contribution in [1.29, 1.82) is 0 Å². The first-order valence-electron chi connectivity index (χ1n) is 6.04. The van der Waals surface area contributed by atoms with Crippen molar-refractivity contribution in [3.05, 3.63) is 24.1 Å². The van der Waals surface area contributed by atoms with E-state index in [1.807, 2.05) is 0 Å². The molecular weight excluding hydrogens is 203 g/mol. The highest BCUT2D eigenvalue weighted by molar-refractivity contribution is 5.39. The molecule has 0 aromatic carbocycles. The van der Waals surface area contributed by atoms with Crippen LogP contribution in [0, 0.1) is 17.7 Å². The first-order valence-corrected chi connectivity index (χ1v) is 6.04. The fourth-order valence-electron chi connectivity index (χ4n) is 2.39. The Kier molecular flexibility index (Phi) is 3.42. The van der Waals surface area contributed by atoms with Crippen molar-refractivity contribution in [1.82, 2.24) is 4.98 Å². The predicted molar refractivity (Wildman–Crippen MR) is 64.0 cm³/mol. The second-order valence-electron chi connectivity index (χ2n) is 4.88. The molecule has 0 aliphatic carbocycles. The second-order valence-corrected chi connectivity index (χ2v) is 4.88. The van der Waals surface area contributed by atoms with Crippen LogP contribution in [0.15, 0.2) is 18.3 Å². The molecule has 0 atom stereocenters. The van der Waals surface area contributed by atoms with Gasteiger partial charge >= 0.3 is 0 Å². The average Bonchev–Trinajstić information content (AvgIpc) is 2.30. The van der Waals surface area contributed by atoms with Crippen LogP contribution in [0.2, 0.25) is 0 Å². The molecule has 2 rings (SSSR count). The van der Waals surface area contributed by atoms with Crippen LogP contribution in [0.25, 0.3) is 0 Å². The fraction of sp³-hybridized carbons (Fsp3) is 0.615. The fourth-order valence-corrected chi connectivity index (χ4v) is 2.39. The van der Waals surface area contributed by atoms with Gasteiger partial charge < -0.3 is 4.90 Å². The van der Waals surface area contributed by atoms with Crippen LogP contribution in [0.3, 0.4) is 0 Å². The SMILES string of the molecule is CC(C)C1CCN(c2ncccc2F)CC1. The summed E-state index contributed by atoms with van der Waals surface area (Å²) >= 11 is 0. The molecule has 0 spiro atoms. The average molecular weight is 222 g/mol. The van der Waals surface area contributed by atoms with Crippen LogP contribution in [-0.4, -0.2) is 18.1 Å². The quantitative estimate of drug-likeness (QED) is 0.764. The Morgan fingerprint density at radius 1 is 1.38 bits per heavy atom. The van der Waals surface area contributed by atoms with Crippen LogP contribution in [-0.2, 0) is 0 Å². The maximum Gasteiger partial charge on any atom is 0.165 e. The van der Waals surface area contributed by atoms with Crippen LogP contribution >= 0.6 is 0 Å². The summed E-state index contributed by atoms with van der Waals surface area (Å²) < 4.78 is 13.5. The number of anilines is 1. The number of nitrogens with zero attached hydrogens (tertiary/aromatic N) is 2. The lowest BCUT2D eigenvalue weighted by atomic mass is 9.87. The van der Waals surface area contributed by atoms with Gasteiger partial charge in [-0.05, 0) is 36.8 Å². The lowest BCUT2D eigenvalue weighted by molar-refractivity contribution is 0.309. The topological polar surface area (TPSA) is 16.1 Å². The summed E-state index contributed by atoms with van der Waals surface area (Å²) in [4.78, 5) is 6.19. The Bertz CT molecular complexity index is 344. The number of halogens is 1. The highest BCUT2D eigenvalue weighted by atomic mass is 19.1. The number of rotatable bonds is 2. The van der Waals surface area contributed by atoms with Crippen molar-refractivity contribution in [2.75, 3.05) is 18.0 Å². The van der Waals surface area contributed by atoms with E-state index >= 15 is 0 Å². The molecule has 1 aliphatic heterocycles. The number of aromatic nitrogens is 1. The van der Waals surface area contributed by atoms with Gasteiger partial charge in [0.25, 0.3) is 0 Å². The normalized spacial score (nSPS) is 18.1. The van der Waals surface area contributed by atoms with Crippen molar-refractivity contribution in [2.45, 2.75) is 26.7 Å². The number of pyridine rings is 1. The van der Waals surface area contributed by atoms with E-state index in [0.717, 1.165) is 37.8 Å². The predicted octanol–water partition coefficient (Wildman–Crippen LogP) is 3.09. The Balaban J connectivity index is 2.02. The lowest BCUT2D eigenvalue weighted by Crippen LogP contribution is -2.36. The van der Waals surface area contributed by atoms with Gasteiger partial charge in [-0.2, -0.15) is 0 Å². The molecule has 1 aromatic heterocycles. The molecular formula is C13H19FN2. The Morgan fingerprint density at radius 2 is 2.06 bits per heavy atom. The van der Waals surface area contributed by atoms with Gasteiger partial charge in [-0.25, -0.2) is 9.37 Å². The van der Waals surface area contributed by atoms with E-state index in [0.29, 0.717) is 5.82 Å². The van der Waals surface area contributed by atoms with Crippen LogP contribution in [0.5, 0.6) is 0 Å². The molecule has 0 saturated carbocycles. The smallest absolute Gasteiger partial charge is 0.165 e. The molecule has 0 unspecified atom stereocenters. The maximum atomic E-state index is 13.5. The van der Waals surface area contributed by atoms with Gasteiger partial charge in [0, 0.05) is 19.3 Å². The lowest BCUT2D eigenvalue weighted by Gasteiger charge is -2.34. The van der Waals surface area contributed by atoms with E-state index in [9.17, 15) is 4.39 Å². The van der Waals surface area contributed by atoms with Gasteiger partial charge in [0.2, 0.25) is 0 Å². The Labute approximate surface area is 96.5 Å². The summed E-state index contributed by atoms with van der Waals surface area (Å²) in [6.07, 6.45) is 3.95. The minimum atomic E-state index is -0.203. The molecule has 16 heavy (non-hydrogen) atoms. The van der Waals surface area contributed by atoms with Gasteiger partial charge in [-0.15, -0.1) is 0 Å². The molecule has 1 aliphatic rings. The van der Waals surface area contributed by atoms with E-state index in [4.69, 9.17) is 0 Å². The van der Waals surface area contributed by atoms with E-state index in [1.165, 1.54) is 6.07 Å². The molecule has 0 bridgehead atoms. The molecule has 1 fully saturated rings. The van der Waals surface area contributed by atoms with Gasteiger partial charge in [-0.1, -0.05) is 13.8 Å². The Morgan fingerprint density at radius 3 is 2.62 bits per heavy atom. The molecule has 88 valence electrons. The first-order chi connectivity index (χ1) is 7.68. The molecule has 1 saturated heterocycles. The van der Waals surface area contributed by atoms with Crippen molar-refractivity contribution < 1.29 is 4.39 Å². The number of hydrogen-bond acceptors (Lipinski definition) is 2. The van der Waals surface area contributed by atoms with Crippen LogP contribution in [0.4, 0.5) is 10.2 Å². The molecule has 2 heterocycles. The molecule has 3 heteroatoms. The molecule has 0 radical (unpaired) electrons. The maximum absolute atomic E-state index is 13.5. The Hall–Kier alpha value is -1.12. The summed E-state index contributed by atoms with van der Waals surface area (Å²) in [6.45, 7) is 6.39. The zero-order chi connectivity index (χ0) is 11.5. The van der Waals surface area contributed by atoms with Crippen molar-refractivity contribution in [3.63, 3.8) is 0 Å². The van der Waals surface area contributed by atoms with Crippen molar-refractivity contribution in [3.8, 4) is 0 Å². The third-order valence-electron chi connectivity index (χ3n) is 3.52. The molecule has 2 nitrogen and oxygen atoms in total. The highest BCUT2D eigenvalue weighted by Gasteiger charge is 2.23. The highest BCUT2D eigenvalue weighted by Crippen LogP contribution is 2.27. The van der Waals surface area contributed by atoms with E-state index in [2.05, 4.69) is 23.7 Å². The zero-order valence-corrected chi connectivity index (χ0v) is 9.99. The minimum Gasteiger partial charge on any atom is -0.354 e. The zero-order valence-electron chi connectivity index (χ0n) is 9.99.